The van der Waals surface area contributed by atoms with Gasteiger partial charge in [0, 0.05) is 36.4 Å². The van der Waals surface area contributed by atoms with Crippen LogP contribution >= 0.6 is 11.3 Å². The van der Waals surface area contributed by atoms with Crippen LogP contribution in [0.1, 0.15) is 16.3 Å². The van der Waals surface area contributed by atoms with E-state index in [1.165, 1.54) is 6.07 Å². The number of hydrogen-bond acceptors (Lipinski definition) is 5. The zero-order valence-electron chi connectivity index (χ0n) is 11.3. The molecular weight excluding hydrogens is 303 g/mol. The highest BCUT2D eigenvalue weighted by Gasteiger charge is 2.30. The van der Waals surface area contributed by atoms with Crippen LogP contribution in [0.5, 0.6) is 5.88 Å². The standard InChI is InChI=1S/C13H14F3N3OS/c1-9-8-21-12(19-9)7-17-4-5-20-11-3-2-10(6-18-11)13(14,15)16/h2-3,6,8,17H,4-5,7H2,1H3. The van der Waals surface area contributed by atoms with E-state index in [-0.39, 0.29) is 5.88 Å². The van der Waals surface area contributed by atoms with Crippen molar-refractivity contribution in [3.63, 3.8) is 0 Å². The Hall–Kier alpha value is -1.67. The van der Waals surface area contributed by atoms with Gasteiger partial charge in [-0.3, -0.25) is 0 Å². The number of halogens is 3. The predicted molar refractivity (Wildman–Crippen MR) is 73.3 cm³/mol. The van der Waals surface area contributed by atoms with Crippen LogP contribution in [0.4, 0.5) is 13.2 Å². The van der Waals surface area contributed by atoms with Crippen molar-refractivity contribution < 1.29 is 17.9 Å². The number of pyridine rings is 1. The molecule has 2 aromatic rings. The fourth-order valence-electron chi connectivity index (χ4n) is 1.54. The van der Waals surface area contributed by atoms with Gasteiger partial charge in [-0.25, -0.2) is 9.97 Å². The van der Waals surface area contributed by atoms with E-state index in [0.29, 0.717) is 19.7 Å². The molecule has 2 rings (SSSR count). The second-order valence-electron chi connectivity index (χ2n) is 4.29. The molecular formula is C13H14F3N3OS. The third-order valence-corrected chi connectivity index (χ3v) is 3.50. The third-order valence-electron chi connectivity index (χ3n) is 2.54. The van der Waals surface area contributed by atoms with E-state index < -0.39 is 11.7 Å². The van der Waals surface area contributed by atoms with E-state index in [2.05, 4.69) is 15.3 Å². The fourth-order valence-corrected chi connectivity index (χ4v) is 2.28. The Morgan fingerprint density at radius 1 is 1.33 bits per heavy atom. The second kappa shape index (κ2) is 6.86. The number of ether oxygens (including phenoxy) is 1. The van der Waals surface area contributed by atoms with Crippen molar-refractivity contribution in [2.24, 2.45) is 0 Å². The van der Waals surface area contributed by atoms with Gasteiger partial charge in [-0.05, 0) is 13.0 Å². The molecule has 0 amide bonds. The number of nitrogens with zero attached hydrogens (tertiary/aromatic N) is 2. The van der Waals surface area contributed by atoms with Gasteiger partial charge < -0.3 is 10.1 Å². The molecule has 0 aliphatic rings. The third kappa shape index (κ3) is 4.98. The van der Waals surface area contributed by atoms with Gasteiger partial charge in [0.05, 0.1) is 5.56 Å². The van der Waals surface area contributed by atoms with Gasteiger partial charge >= 0.3 is 6.18 Å². The van der Waals surface area contributed by atoms with E-state index >= 15 is 0 Å². The first-order valence-electron chi connectivity index (χ1n) is 6.23. The summed E-state index contributed by atoms with van der Waals surface area (Å²) in [6, 6.07) is 2.17. The number of alkyl halides is 3. The van der Waals surface area contributed by atoms with Gasteiger partial charge in [0.15, 0.2) is 0 Å². The summed E-state index contributed by atoms with van der Waals surface area (Å²) in [5.74, 6) is 0.176. The quantitative estimate of drug-likeness (QED) is 0.832. The van der Waals surface area contributed by atoms with Gasteiger partial charge in [0.2, 0.25) is 5.88 Å². The molecule has 0 atom stereocenters. The van der Waals surface area contributed by atoms with E-state index in [0.717, 1.165) is 23.0 Å². The molecule has 0 aromatic carbocycles. The molecule has 0 unspecified atom stereocenters. The summed E-state index contributed by atoms with van der Waals surface area (Å²) < 4.78 is 42.3. The molecule has 0 spiro atoms. The molecule has 8 heteroatoms. The lowest BCUT2D eigenvalue weighted by Crippen LogP contribution is -2.20. The SMILES string of the molecule is Cc1csc(CNCCOc2ccc(C(F)(F)F)cn2)n1. The Morgan fingerprint density at radius 3 is 2.71 bits per heavy atom. The van der Waals surface area contributed by atoms with Crippen LogP contribution < -0.4 is 10.1 Å². The molecule has 0 aliphatic heterocycles. The second-order valence-corrected chi connectivity index (χ2v) is 5.23. The highest BCUT2D eigenvalue weighted by atomic mass is 32.1. The maximum atomic E-state index is 12.3. The monoisotopic (exact) mass is 317 g/mol. The van der Waals surface area contributed by atoms with Crippen LogP contribution in [-0.4, -0.2) is 23.1 Å². The van der Waals surface area contributed by atoms with Gasteiger partial charge in [0.1, 0.15) is 11.6 Å². The predicted octanol–water partition coefficient (Wildman–Crippen LogP) is 3.03. The van der Waals surface area contributed by atoms with Gasteiger partial charge in [-0.2, -0.15) is 13.2 Å². The molecule has 0 radical (unpaired) electrons. The van der Waals surface area contributed by atoms with Crippen molar-refractivity contribution in [1.82, 2.24) is 15.3 Å². The largest absolute Gasteiger partial charge is 0.476 e. The maximum absolute atomic E-state index is 12.3. The Morgan fingerprint density at radius 2 is 2.14 bits per heavy atom. The average molecular weight is 317 g/mol. The summed E-state index contributed by atoms with van der Waals surface area (Å²) in [5.41, 5.74) is 0.203. The smallest absolute Gasteiger partial charge is 0.417 e. The molecule has 114 valence electrons. The zero-order valence-corrected chi connectivity index (χ0v) is 12.1. The van der Waals surface area contributed by atoms with Crippen LogP contribution in [0, 0.1) is 6.92 Å². The first-order valence-corrected chi connectivity index (χ1v) is 7.11. The number of nitrogens with one attached hydrogen (secondary N) is 1. The van der Waals surface area contributed by atoms with Crippen LogP contribution in [-0.2, 0) is 12.7 Å². The number of hydrogen-bond donors (Lipinski definition) is 1. The summed E-state index contributed by atoms with van der Waals surface area (Å²) in [6.07, 6.45) is -3.61. The van der Waals surface area contributed by atoms with Crippen LogP contribution in [0.3, 0.4) is 0 Å². The molecule has 4 nitrogen and oxygen atoms in total. The average Bonchev–Trinajstić information content (AvgIpc) is 2.84. The van der Waals surface area contributed by atoms with Crippen molar-refractivity contribution in [3.05, 3.63) is 40.0 Å². The van der Waals surface area contributed by atoms with E-state index in [1.54, 1.807) is 11.3 Å². The topological polar surface area (TPSA) is 47.0 Å². The minimum absolute atomic E-state index is 0.176. The van der Waals surface area contributed by atoms with E-state index in [4.69, 9.17) is 4.74 Å². The van der Waals surface area contributed by atoms with Crippen LogP contribution in [0.15, 0.2) is 23.7 Å². The molecule has 0 fully saturated rings. The maximum Gasteiger partial charge on any atom is 0.417 e. The molecule has 2 heterocycles. The number of aryl methyl sites for hydroxylation is 1. The minimum Gasteiger partial charge on any atom is -0.476 e. The zero-order chi connectivity index (χ0) is 15.3. The molecule has 0 saturated heterocycles. The van der Waals surface area contributed by atoms with Crippen molar-refractivity contribution in [3.8, 4) is 5.88 Å². The lowest BCUT2D eigenvalue weighted by Gasteiger charge is -2.08. The Balaban J connectivity index is 1.69. The molecule has 1 N–H and O–H groups in total. The summed E-state index contributed by atoms with van der Waals surface area (Å²) >= 11 is 1.57. The Kier molecular flexibility index (Phi) is 5.13. The molecule has 0 aliphatic carbocycles. The highest BCUT2D eigenvalue weighted by molar-refractivity contribution is 7.09. The number of aromatic nitrogens is 2. The van der Waals surface area contributed by atoms with Gasteiger partial charge in [-0.15, -0.1) is 11.3 Å². The van der Waals surface area contributed by atoms with Crippen LogP contribution in [0.2, 0.25) is 0 Å². The van der Waals surface area contributed by atoms with Crippen LogP contribution in [0.25, 0.3) is 0 Å². The summed E-state index contributed by atoms with van der Waals surface area (Å²) in [7, 11) is 0. The lowest BCUT2D eigenvalue weighted by atomic mass is 10.3. The molecule has 0 saturated carbocycles. The number of rotatable bonds is 6. The lowest BCUT2D eigenvalue weighted by molar-refractivity contribution is -0.137. The molecule has 21 heavy (non-hydrogen) atoms. The van der Waals surface area contributed by atoms with Crippen molar-refractivity contribution in [2.75, 3.05) is 13.2 Å². The number of thiazole rings is 1. The normalized spacial score (nSPS) is 11.6. The first kappa shape index (κ1) is 15.7. The molecule has 2 aromatic heterocycles. The van der Waals surface area contributed by atoms with Crippen molar-refractivity contribution in [2.45, 2.75) is 19.6 Å². The van der Waals surface area contributed by atoms with Gasteiger partial charge in [-0.1, -0.05) is 0 Å². The fraction of sp³-hybridized carbons (Fsp3) is 0.385. The first-order chi connectivity index (χ1) is 9.95. The summed E-state index contributed by atoms with van der Waals surface area (Å²) in [5, 5.41) is 6.09. The molecule has 0 bridgehead atoms. The summed E-state index contributed by atoms with van der Waals surface area (Å²) in [4.78, 5) is 7.92. The Bertz CT molecular complexity index is 569. The minimum atomic E-state index is -4.38. The Labute approximate surface area is 124 Å². The van der Waals surface area contributed by atoms with Crippen molar-refractivity contribution in [1.29, 1.82) is 0 Å². The van der Waals surface area contributed by atoms with Crippen molar-refractivity contribution >= 4 is 11.3 Å². The van der Waals surface area contributed by atoms with E-state index in [1.807, 2.05) is 12.3 Å². The van der Waals surface area contributed by atoms with E-state index in [9.17, 15) is 13.2 Å². The van der Waals surface area contributed by atoms with Gasteiger partial charge in [0.25, 0.3) is 0 Å². The highest BCUT2D eigenvalue weighted by Crippen LogP contribution is 2.29. The summed E-state index contributed by atoms with van der Waals surface area (Å²) in [6.45, 7) is 3.45.